The van der Waals surface area contributed by atoms with E-state index >= 15 is 0 Å². The van der Waals surface area contributed by atoms with Crippen molar-refractivity contribution in [2.24, 2.45) is 0 Å². The van der Waals surface area contributed by atoms with Gasteiger partial charge in [0.05, 0.1) is 10.2 Å². The minimum atomic E-state index is -1.75. The molecular weight excluding hydrogens is 604 g/mol. The van der Waals surface area contributed by atoms with Gasteiger partial charge in [0.1, 0.15) is 12.7 Å². The fraction of sp³-hybridized carbons (Fsp3) is 0. The van der Waals surface area contributed by atoms with Crippen LogP contribution in [0.15, 0.2) is 46.8 Å². The molecule has 0 fully saturated rings. The maximum atomic E-state index is 10.6. The van der Waals surface area contributed by atoms with Gasteiger partial charge in [0, 0.05) is 24.5 Å². The predicted octanol–water partition coefficient (Wildman–Crippen LogP) is -1.65. The van der Waals surface area contributed by atoms with Gasteiger partial charge in [-0.2, -0.15) is 9.97 Å². The van der Waals surface area contributed by atoms with E-state index in [0.29, 0.717) is 11.6 Å². The average Bonchev–Trinajstić information content (AvgIpc) is 3.22. The summed E-state index contributed by atoms with van der Waals surface area (Å²) in [6.07, 6.45) is 6.11. The normalized spacial score (nSPS) is 8.53. The van der Waals surface area contributed by atoms with E-state index in [4.69, 9.17) is 30.6 Å². The zero-order valence-electron chi connectivity index (χ0n) is 13.9. The van der Waals surface area contributed by atoms with Crippen LogP contribution in [0.2, 0.25) is 0 Å². The molecule has 4 aromatic heterocycles. The van der Waals surface area contributed by atoms with Gasteiger partial charge in [0.15, 0.2) is 0 Å². The standard InChI is InChI=1S/2C5H4N4O.2Ag.2NO3/c2*10-4-1-2-9-5(8-4)6-3-7-9;;;2*2-1(3)4/h2*1-3H,(H,6,7,8,10);;;;/q;;2*+1;2*-1. The van der Waals surface area contributed by atoms with E-state index in [-0.39, 0.29) is 55.9 Å². The Morgan fingerprint density at radius 2 is 1.03 bits per heavy atom. The molecule has 0 saturated heterocycles. The van der Waals surface area contributed by atoms with Gasteiger partial charge in [0.25, 0.3) is 22.7 Å². The van der Waals surface area contributed by atoms with Gasteiger partial charge in [-0.1, -0.05) is 0 Å². The number of hydrogen-bond acceptors (Lipinski definition) is 12. The Balaban J connectivity index is 0. The summed E-state index contributed by atoms with van der Waals surface area (Å²) in [6, 6.07) is 2.73. The molecule has 0 aliphatic rings. The molecule has 4 aromatic rings. The van der Waals surface area contributed by atoms with Crippen LogP contribution >= 0.6 is 0 Å². The smallest absolute Gasteiger partial charge is 0.356 e. The first-order chi connectivity index (χ1) is 13.2. The molecule has 0 radical (unpaired) electrons. The van der Waals surface area contributed by atoms with Crippen LogP contribution in [0.25, 0.3) is 11.6 Å². The van der Waals surface area contributed by atoms with E-state index in [0.717, 1.165) is 0 Å². The topological polar surface area (TPSA) is 258 Å². The first-order valence-corrected chi connectivity index (χ1v) is 6.59. The number of aromatic nitrogens is 8. The Kier molecular flexibility index (Phi) is 14.0. The van der Waals surface area contributed by atoms with Crippen molar-refractivity contribution in [1.82, 2.24) is 39.2 Å². The molecule has 0 atom stereocenters. The molecule has 0 saturated carbocycles. The van der Waals surface area contributed by atoms with E-state index in [1.165, 1.54) is 24.8 Å². The molecule has 4 rings (SSSR count). The number of hydrogen-bond donors (Lipinski definition) is 2. The quantitative estimate of drug-likeness (QED) is 0.129. The predicted molar refractivity (Wildman–Crippen MR) is 87.9 cm³/mol. The fourth-order valence-electron chi connectivity index (χ4n) is 1.47. The van der Waals surface area contributed by atoms with Crippen LogP contribution in [-0.4, -0.2) is 49.3 Å². The molecule has 0 spiro atoms. The first-order valence-electron chi connectivity index (χ1n) is 6.59. The summed E-state index contributed by atoms with van der Waals surface area (Å²) >= 11 is 0. The van der Waals surface area contributed by atoms with Crippen molar-refractivity contribution in [3.05, 3.63) is 88.5 Å². The van der Waals surface area contributed by atoms with Crippen LogP contribution in [0, 0.1) is 30.6 Å². The molecule has 20 heteroatoms. The number of H-pyrrole nitrogens is 2. The molecule has 0 amide bonds. The van der Waals surface area contributed by atoms with Gasteiger partial charge in [0.2, 0.25) is 0 Å². The van der Waals surface area contributed by atoms with Gasteiger partial charge in [-0.15, -0.1) is 0 Å². The van der Waals surface area contributed by atoms with Crippen LogP contribution in [0.4, 0.5) is 0 Å². The number of nitrogens with one attached hydrogen (secondary N) is 2. The molecule has 0 aliphatic heterocycles. The summed E-state index contributed by atoms with van der Waals surface area (Å²) in [5.41, 5.74) is -0.542. The number of rotatable bonds is 0. The van der Waals surface area contributed by atoms with Crippen molar-refractivity contribution < 1.29 is 54.9 Å². The number of aromatic amines is 2. The summed E-state index contributed by atoms with van der Waals surface area (Å²) in [5.74, 6) is 0.792. The monoisotopic (exact) mass is 610 g/mol. The minimum absolute atomic E-state index is 0. The Hall–Kier alpha value is -3.42. The SMILES string of the molecule is O=[N+]([O-])[O-].O=[N+]([O-])[O-].O=c1ccn2[nH]cnc2n1.O=c1ccn2[nH]cnc2n1.[Ag+].[Ag+]. The second kappa shape index (κ2) is 14.6. The van der Waals surface area contributed by atoms with E-state index in [1.54, 1.807) is 21.4 Å². The summed E-state index contributed by atoms with van der Waals surface area (Å²) in [7, 11) is 0. The van der Waals surface area contributed by atoms with Gasteiger partial charge in [-0.05, 0) is 0 Å². The molecule has 0 unspecified atom stereocenters. The molecule has 0 aromatic carbocycles. The number of fused-ring (bicyclic) bond motifs is 2. The molecule has 168 valence electrons. The van der Waals surface area contributed by atoms with Crippen molar-refractivity contribution in [3.8, 4) is 0 Å². The molecule has 18 nitrogen and oxygen atoms in total. The van der Waals surface area contributed by atoms with Crippen LogP contribution in [0.1, 0.15) is 0 Å². The van der Waals surface area contributed by atoms with Crippen LogP contribution in [0.5, 0.6) is 0 Å². The molecule has 2 N–H and O–H groups in total. The minimum Gasteiger partial charge on any atom is -0.356 e. The third kappa shape index (κ3) is 11.4. The fourth-order valence-corrected chi connectivity index (χ4v) is 1.47. The van der Waals surface area contributed by atoms with E-state index < -0.39 is 10.2 Å². The third-order valence-corrected chi connectivity index (χ3v) is 2.34. The van der Waals surface area contributed by atoms with Crippen molar-refractivity contribution in [2.75, 3.05) is 0 Å². The Morgan fingerprint density at radius 3 is 1.33 bits per heavy atom. The van der Waals surface area contributed by atoms with Crippen molar-refractivity contribution in [3.63, 3.8) is 0 Å². The van der Waals surface area contributed by atoms with Crippen molar-refractivity contribution >= 4 is 11.6 Å². The van der Waals surface area contributed by atoms with Crippen LogP contribution in [0.3, 0.4) is 0 Å². The summed E-state index contributed by atoms with van der Waals surface area (Å²) < 4.78 is 3.11. The van der Waals surface area contributed by atoms with Gasteiger partial charge >= 0.3 is 44.8 Å². The Labute approximate surface area is 193 Å². The second-order valence-corrected chi connectivity index (χ2v) is 4.09. The largest absolute Gasteiger partial charge is 1.00 e. The summed E-state index contributed by atoms with van der Waals surface area (Å²) in [6.45, 7) is 0. The van der Waals surface area contributed by atoms with Gasteiger partial charge < -0.3 is 30.6 Å². The maximum Gasteiger partial charge on any atom is 1.00 e. The third-order valence-electron chi connectivity index (χ3n) is 2.34. The maximum absolute atomic E-state index is 10.6. The average molecular weight is 612 g/mol. The van der Waals surface area contributed by atoms with Crippen molar-refractivity contribution in [2.45, 2.75) is 0 Å². The van der Waals surface area contributed by atoms with E-state index in [9.17, 15) is 9.59 Å². The zero-order valence-corrected chi connectivity index (χ0v) is 16.9. The van der Waals surface area contributed by atoms with Gasteiger partial charge in [-0.25, -0.2) is 19.0 Å². The van der Waals surface area contributed by atoms with Crippen LogP contribution in [-0.2, 0) is 44.8 Å². The first kappa shape index (κ1) is 28.8. The molecule has 0 aliphatic carbocycles. The van der Waals surface area contributed by atoms with Crippen LogP contribution < -0.4 is 11.1 Å². The van der Waals surface area contributed by atoms with Crippen molar-refractivity contribution in [1.29, 1.82) is 0 Å². The van der Waals surface area contributed by atoms with E-state index in [1.807, 2.05) is 0 Å². The molecule has 4 heterocycles. The number of nitrogens with zero attached hydrogens (tertiary/aromatic N) is 8. The summed E-state index contributed by atoms with van der Waals surface area (Å²) in [5, 5.41) is 35.0. The zero-order chi connectivity index (χ0) is 21.1. The Morgan fingerprint density at radius 1 is 0.733 bits per heavy atom. The molecular formula is C10H8Ag2N10O8. The van der Waals surface area contributed by atoms with Gasteiger partial charge in [-0.3, -0.25) is 19.8 Å². The Bertz CT molecular complexity index is 1070. The summed E-state index contributed by atoms with van der Waals surface area (Å²) in [4.78, 5) is 52.5. The molecule has 0 bridgehead atoms. The molecule has 30 heavy (non-hydrogen) atoms. The van der Waals surface area contributed by atoms with E-state index in [2.05, 4.69) is 30.1 Å². The second-order valence-electron chi connectivity index (χ2n) is 4.09.